The summed E-state index contributed by atoms with van der Waals surface area (Å²) < 4.78 is 4.59. The fourth-order valence-electron chi connectivity index (χ4n) is 8.00. The molecule has 2 aromatic heterocycles. The number of H-pyrrole nitrogens is 2. The largest absolute Gasteiger partial charge is 0.453 e. The Labute approximate surface area is 334 Å². The lowest BCUT2D eigenvalue weighted by molar-refractivity contribution is -0.138. The number of nitrogens with zero attached hydrogens (tertiary/aromatic N) is 4. The normalized spacial score (nSPS) is 15.7. The molecular formula is C45H44N8O5. The number of carbonyl (C=O) groups is 4. The van der Waals surface area contributed by atoms with Crippen molar-refractivity contribution in [1.82, 2.24) is 40.4 Å². The molecule has 2 fully saturated rings. The Morgan fingerprint density at radius 1 is 0.845 bits per heavy atom. The number of alkyl carbamates (subject to hydrolysis) is 1. The van der Waals surface area contributed by atoms with Crippen LogP contribution in [-0.4, -0.2) is 80.3 Å². The summed E-state index contributed by atoms with van der Waals surface area (Å²) in [6.07, 6.45) is 2.63. The smallest absolute Gasteiger partial charge is 0.407 e. The van der Waals surface area contributed by atoms with E-state index in [0.29, 0.717) is 18.9 Å². The van der Waals surface area contributed by atoms with E-state index in [4.69, 9.17) is 9.97 Å². The van der Waals surface area contributed by atoms with Crippen LogP contribution in [0.3, 0.4) is 0 Å². The number of aromatic amines is 2. The summed E-state index contributed by atoms with van der Waals surface area (Å²) >= 11 is 0. The van der Waals surface area contributed by atoms with Crippen LogP contribution in [0.2, 0.25) is 0 Å². The van der Waals surface area contributed by atoms with Gasteiger partial charge in [-0.2, -0.15) is 0 Å². The predicted octanol–water partition coefficient (Wildman–Crippen LogP) is 7.05. The van der Waals surface area contributed by atoms with Gasteiger partial charge >= 0.3 is 6.09 Å². The molecule has 2 atom stereocenters. The third-order valence-electron chi connectivity index (χ3n) is 11.3. The second kappa shape index (κ2) is 15.3. The molecule has 0 radical (unpaired) electrons. The first-order chi connectivity index (χ1) is 28.3. The molecule has 3 heterocycles. The fraction of sp³-hybridized carbons (Fsp3) is 0.289. The quantitative estimate of drug-likeness (QED) is 0.103. The fourth-order valence-corrected chi connectivity index (χ4v) is 8.00. The molecule has 1 saturated heterocycles. The van der Waals surface area contributed by atoms with Gasteiger partial charge in [-0.3, -0.25) is 14.4 Å². The number of imidazole rings is 2. The summed E-state index contributed by atoms with van der Waals surface area (Å²) in [7, 11) is 1.27. The van der Waals surface area contributed by atoms with E-state index in [9.17, 15) is 19.2 Å². The highest BCUT2D eigenvalue weighted by Gasteiger charge is 2.36. The Hall–Kier alpha value is -6.76. The lowest BCUT2D eigenvalue weighted by atomic mass is 9.98. The summed E-state index contributed by atoms with van der Waals surface area (Å²) in [5.41, 5.74) is 6.37. The van der Waals surface area contributed by atoms with E-state index in [1.807, 2.05) is 49.4 Å². The first kappa shape index (κ1) is 36.9. The summed E-state index contributed by atoms with van der Waals surface area (Å²) in [6.45, 7) is 3.33. The summed E-state index contributed by atoms with van der Waals surface area (Å²) in [4.78, 5) is 71.5. The number of ether oxygens (including phenoxy) is 1. The number of fused-ring (bicyclic) bond motifs is 6. The van der Waals surface area contributed by atoms with E-state index in [2.05, 4.69) is 73.9 Å². The Kier molecular flexibility index (Phi) is 9.72. The molecule has 0 bridgehead atoms. The van der Waals surface area contributed by atoms with E-state index in [1.165, 1.54) is 7.11 Å². The molecule has 7 aromatic rings. The number of hydrogen-bond acceptors (Lipinski definition) is 7. The number of amides is 4. The number of carbonyl (C=O) groups excluding carboxylic acids is 4. The van der Waals surface area contributed by atoms with Gasteiger partial charge in [0.05, 0.1) is 41.8 Å². The van der Waals surface area contributed by atoms with Crippen molar-refractivity contribution in [3.8, 4) is 11.1 Å². The van der Waals surface area contributed by atoms with E-state index in [-0.39, 0.29) is 42.8 Å². The van der Waals surface area contributed by atoms with Gasteiger partial charge < -0.3 is 35.1 Å². The highest BCUT2D eigenvalue weighted by molar-refractivity contribution is 6.07. The van der Waals surface area contributed by atoms with Gasteiger partial charge in [0.1, 0.15) is 24.2 Å². The van der Waals surface area contributed by atoms with Crippen LogP contribution >= 0.6 is 0 Å². The van der Waals surface area contributed by atoms with Crippen molar-refractivity contribution in [2.45, 2.75) is 51.2 Å². The molecule has 5 aromatic carbocycles. The van der Waals surface area contributed by atoms with Crippen molar-refractivity contribution < 1.29 is 23.9 Å². The minimum absolute atomic E-state index is 0.0129. The van der Waals surface area contributed by atoms with E-state index >= 15 is 0 Å². The summed E-state index contributed by atoms with van der Waals surface area (Å²) in [5.74, 6) is 0.995. The van der Waals surface area contributed by atoms with Gasteiger partial charge in [-0.25, -0.2) is 14.8 Å². The van der Waals surface area contributed by atoms with Crippen LogP contribution in [0.1, 0.15) is 61.9 Å². The number of aromatic nitrogens is 4. The zero-order chi connectivity index (χ0) is 39.9. The maximum atomic E-state index is 14.1. The third-order valence-corrected chi connectivity index (χ3v) is 11.3. The maximum absolute atomic E-state index is 14.1. The first-order valence-electron chi connectivity index (χ1n) is 19.9. The lowest BCUT2D eigenvalue weighted by Gasteiger charge is -2.39. The van der Waals surface area contributed by atoms with Crippen LogP contribution in [0.5, 0.6) is 0 Å². The molecule has 13 nitrogen and oxygen atoms in total. The molecule has 4 N–H and O–H groups in total. The van der Waals surface area contributed by atoms with Crippen LogP contribution in [0, 0.1) is 5.92 Å². The Morgan fingerprint density at radius 2 is 1.52 bits per heavy atom. The van der Waals surface area contributed by atoms with Crippen LogP contribution in [0.15, 0.2) is 91.0 Å². The van der Waals surface area contributed by atoms with E-state index in [0.717, 1.165) is 91.8 Å². The highest BCUT2D eigenvalue weighted by atomic mass is 16.5. The van der Waals surface area contributed by atoms with Gasteiger partial charge in [0, 0.05) is 29.8 Å². The van der Waals surface area contributed by atoms with Gasteiger partial charge in [0.15, 0.2) is 0 Å². The van der Waals surface area contributed by atoms with Crippen LogP contribution in [0.25, 0.3) is 54.7 Å². The first-order valence-corrected chi connectivity index (χ1v) is 19.9. The third kappa shape index (κ3) is 7.08. The van der Waals surface area contributed by atoms with E-state index in [1.54, 1.807) is 9.80 Å². The predicted molar refractivity (Wildman–Crippen MR) is 221 cm³/mol. The van der Waals surface area contributed by atoms with Crippen LogP contribution in [-0.2, 0) is 25.7 Å². The zero-order valence-electron chi connectivity index (χ0n) is 32.4. The van der Waals surface area contributed by atoms with Crippen molar-refractivity contribution in [2.24, 2.45) is 5.92 Å². The molecule has 2 aliphatic rings. The number of rotatable bonds is 12. The minimum atomic E-state index is -0.762. The second-order valence-electron chi connectivity index (χ2n) is 15.2. The Morgan fingerprint density at radius 3 is 2.14 bits per heavy atom. The number of methoxy groups -OCH3 is 1. The zero-order valence-corrected chi connectivity index (χ0v) is 32.4. The molecule has 58 heavy (non-hydrogen) atoms. The van der Waals surface area contributed by atoms with Gasteiger partial charge in [-0.1, -0.05) is 73.7 Å². The second-order valence-corrected chi connectivity index (χ2v) is 15.2. The molecule has 13 heteroatoms. The van der Waals surface area contributed by atoms with E-state index < -0.39 is 12.1 Å². The Bertz CT molecular complexity index is 2720. The van der Waals surface area contributed by atoms with Crippen molar-refractivity contribution in [1.29, 1.82) is 0 Å². The molecule has 0 spiro atoms. The summed E-state index contributed by atoms with van der Waals surface area (Å²) in [6, 6.07) is 29.5. The van der Waals surface area contributed by atoms with Gasteiger partial charge in [0.2, 0.25) is 17.7 Å². The van der Waals surface area contributed by atoms with Crippen molar-refractivity contribution in [2.75, 3.05) is 26.7 Å². The molecule has 1 saturated carbocycles. The molecular weight excluding hydrogens is 733 g/mol. The summed E-state index contributed by atoms with van der Waals surface area (Å²) in [5, 5.41) is 9.61. The average molecular weight is 777 g/mol. The Balaban J connectivity index is 0.948. The molecule has 4 amide bonds. The minimum Gasteiger partial charge on any atom is -0.453 e. The number of likely N-dealkylation sites (tertiary alicyclic amines) is 1. The van der Waals surface area contributed by atoms with Crippen LogP contribution < -0.4 is 10.6 Å². The molecule has 294 valence electrons. The van der Waals surface area contributed by atoms with Crippen molar-refractivity contribution in [3.05, 3.63) is 108 Å². The average Bonchev–Trinajstić information content (AvgIpc) is 3.87. The monoisotopic (exact) mass is 776 g/mol. The van der Waals surface area contributed by atoms with Crippen molar-refractivity contribution in [3.63, 3.8) is 0 Å². The van der Waals surface area contributed by atoms with Gasteiger partial charge in [-0.05, 0) is 77.4 Å². The standard InChI is InChI=1S/C45H44N8O5/c1-3-20-52(44(56)39(26-7-5-4-6-8-26)51-43(55)27-9-10-27)25-37-47-34-17-13-30-22-28(11-15-32(30)40(34)49-37)29-12-16-33-31(23-29)14-18-35-41(33)50-42(48-35)36-19-21-53(36)38(54)24-46-45(57)58-2/h4-8,11-18,22-23,27,36,39H,3,9-10,19-21,24-25H2,1-2H3,(H,46,57)(H,47,49)(H,48,50)(H,51,55)/t36?,39-/m1/s1. The number of nitrogens with one attached hydrogen (secondary N) is 4. The van der Waals surface area contributed by atoms with Gasteiger partial charge in [0.25, 0.3) is 0 Å². The highest BCUT2D eigenvalue weighted by Crippen LogP contribution is 2.36. The van der Waals surface area contributed by atoms with Crippen LogP contribution in [0.4, 0.5) is 4.79 Å². The molecule has 1 unspecified atom stereocenters. The number of benzene rings is 5. The molecule has 9 rings (SSSR count). The SMILES string of the molecule is CCCN(Cc1nc2c(ccc3cc(-c4ccc5c(ccc6[nH]c(C7CCN7C(=O)CNC(=O)OC)nc65)c4)ccc32)[nH]1)C(=O)[C@H](NC(=O)C1CC1)c1ccccc1. The molecule has 1 aliphatic heterocycles. The maximum Gasteiger partial charge on any atom is 0.407 e. The van der Waals surface area contributed by atoms with Crippen molar-refractivity contribution >= 4 is 67.4 Å². The molecule has 1 aliphatic carbocycles. The lowest BCUT2D eigenvalue weighted by Crippen LogP contribution is -2.49. The number of hydrogen-bond donors (Lipinski definition) is 4. The topological polar surface area (TPSA) is 165 Å². The van der Waals surface area contributed by atoms with Gasteiger partial charge in [-0.15, -0.1) is 0 Å².